The zero-order chi connectivity index (χ0) is 17.1. The molecule has 0 bridgehead atoms. The summed E-state index contributed by atoms with van der Waals surface area (Å²) in [5.74, 6) is -0.000808. The highest BCUT2D eigenvalue weighted by molar-refractivity contribution is 7.10. The number of urea groups is 1. The van der Waals surface area contributed by atoms with Crippen LogP contribution in [0.15, 0.2) is 5.38 Å². The third-order valence-electron chi connectivity index (χ3n) is 5.05. The summed E-state index contributed by atoms with van der Waals surface area (Å²) in [5.41, 5.74) is 2.76. The number of likely N-dealkylation sites (tertiary alicyclic amines) is 1. The molecule has 0 saturated carbocycles. The normalized spacial score (nSPS) is 20.4. The average molecular weight is 350 g/mol. The molecular formula is C18H27N3O2S. The van der Waals surface area contributed by atoms with E-state index in [1.807, 2.05) is 11.3 Å². The van der Waals surface area contributed by atoms with Gasteiger partial charge in [0.25, 0.3) is 0 Å². The van der Waals surface area contributed by atoms with E-state index in [1.54, 1.807) is 23.9 Å². The van der Waals surface area contributed by atoms with Crippen molar-refractivity contribution in [1.29, 1.82) is 0 Å². The lowest BCUT2D eigenvalue weighted by atomic mass is 9.95. The van der Waals surface area contributed by atoms with Gasteiger partial charge in [-0.25, -0.2) is 4.79 Å². The summed E-state index contributed by atoms with van der Waals surface area (Å²) in [7, 11) is 3.51. The Morgan fingerprint density at radius 1 is 1.29 bits per heavy atom. The maximum atomic E-state index is 12.5. The molecule has 1 aromatic heterocycles. The molecule has 0 unspecified atom stereocenters. The highest BCUT2D eigenvalue weighted by Crippen LogP contribution is 2.30. The first kappa shape index (κ1) is 17.3. The molecule has 2 aliphatic rings. The number of carbonyl (C=O) groups excluding carboxylic acids is 2. The molecule has 0 spiro atoms. The Hall–Kier alpha value is -1.56. The minimum Gasteiger partial charge on any atom is -0.352 e. The van der Waals surface area contributed by atoms with E-state index in [0.717, 1.165) is 25.8 Å². The second kappa shape index (κ2) is 7.55. The van der Waals surface area contributed by atoms with Crippen LogP contribution in [0.3, 0.4) is 0 Å². The van der Waals surface area contributed by atoms with Gasteiger partial charge in [-0.05, 0) is 55.0 Å². The maximum Gasteiger partial charge on any atom is 0.319 e. The van der Waals surface area contributed by atoms with Gasteiger partial charge < -0.3 is 15.1 Å². The van der Waals surface area contributed by atoms with Crippen molar-refractivity contribution in [3.8, 4) is 0 Å². The molecule has 24 heavy (non-hydrogen) atoms. The molecule has 1 fully saturated rings. The highest BCUT2D eigenvalue weighted by atomic mass is 32.1. The van der Waals surface area contributed by atoms with Gasteiger partial charge in [0.05, 0.1) is 5.92 Å². The topological polar surface area (TPSA) is 52.7 Å². The van der Waals surface area contributed by atoms with Crippen LogP contribution in [-0.4, -0.2) is 48.9 Å². The van der Waals surface area contributed by atoms with Crippen LogP contribution in [0.5, 0.6) is 0 Å². The largest absolute Gasteiger partial charge is 0.352 e. The SMILES string of the molecule is CN(C)C(=O)N1CCC[C@@H](C(=O)NCc2csc3c2CCCC3)C1. The molecule has 1 saturated heterocycles. The van der Waals surface area contributed by atoms with Crippen LogP contribution >= 0.6 is 11.3 Å². The fraction of sp³-hybridized carbons (Fsp3) is 0.667. The molecule has 1 atom stereocenters. The van der Waals surface area contributed by atoms with Gasteiger partial charge in [0.2, 0.25) is 5.91 Å². The lowest BCUT2D eigenvalue weighted by molar-refractivity contribution is -0.126. The van der Waals surface area contributed by atoms with Crippen molar-refractivity contribution < 1.29 is 9.59 Å². The lowest BCUT2D eigenvalue weighted by Crippen LogP contribution is -2.48. The summed E-state index contributed by atoms with van der Waals surface area (Å²) in [5, 5.41) is 5.32. The lowest BCUT2D eigenvalue weighted by Gasteiger charge is -2.33. The molecule has 6 heteroatoms. The molecule has 2 heterocycles. The van der Waals surface area contributed by atoms with Gasteiger partial charge in [-0.15, -0.1) is 11.3 Å². The van der Waals surface area contributed by atoms with Crippen molar-refractivity contribution in [3.63, 3.8) is 0 Å². The van der Waals surface area contributed by atoms with E-state index in [0.29, 0.717) is 13.1 Å². The summed E-state index contributed by atoms with van der Waals surface area (Å²) in [6, 6.07) is -0.000552. The number of hydrogen-bond acceptors (Lipinski definition) is 3. The van der Waals surface area contributed by atoms with E-state index >= 15 is 0 Å². The second-order valence-electron chi connectivity index (χ2n) is 7.05. The number of hydrogen-bond donors (Lipinski definition) is 1. The zero-order valence-electron chi connectivity index (χ0n) is 14.6. The summed E-state index contributed by atoms with van der Waals surface area (Å²) in [6.45, 7) is 1.91. The number of aryl methyl sites for hydroxylation is 1. The number of rotatable bonds is 3. The molecule has 1 aliphatic heterocycles. The van der Waals surface area contributed by atoms with E-state index in [9.17, 15) is 9.59 Å². The number of fused-ring (bicyclic) bond motifs is 1. The number of nitrogens with zero attached hydrogens (tertiary/aromatic N) is 2. The summed E-state index contributed by atoms with van der Waals surface area (Å²) >= 11 is 1.84. The van der Waals surface area contributed by atoms with Gasteiger partial charge in [0.1, 0.15) is 0 Å². The Morgan fingerprint density at radius 3 is 2.88 bits per heavy atom. The van der Waals surface area contributed by atoms with E-state index in [4.69, 9.17) is 0 Å². The molecule has 1 N–H and O–H groups in total. The van der Waals surface area contributed by atoms with E-state index < -0.39 is 0 Å². The molecule has 3 rings (SSSR count). The van der Waals surface area contributed by atoms with Crippen molar-refractivity contribution in [1.82, 2.24) is 15.1 Å². The summed E-state index contributed by atoms with van der Waals surface area (Å²) in [6.07, 6.45) is 6.65. The highest BCUT2D eigenvalue weighted by Gasteiger charge is 2.29. The number of carbonyl (C=O) groups is 2. The number of nitrogens with one attached hydrogen (secondary N) is 1. The average Bonchev–Trinajstić information content (AvgIpc) is 3.02. The Labute approximate surface area is 148 Å². The first-order chi connectivity index (χ1) is 11.6. The standard InChI is InChI=1S/C18H27N3O2S/c1-20(2)18(23)21-9-5-6-13(11-21)17(22)19-10-14-12-24-16-8-4-3-7-15(14)16/h12-13H,3-11H2,1-2H3,(H,19,22)/t13-/m1/s1. The van der Waals surface area contributed by atoms with Gasteiger partial charge in [0.15, 0.2) is 0 Å². The van der Waals surface area contributed by atoms with E-state index in [-0.39, 0.29) is 17.9 Å². The third kappa shape index (κ3) is 3.74. The molecule has 5 nitrogen and oxygen atoms in total. The minimum absolute atomic E-state index is 0.000552. The van der Waals surface area contributed by atoms with Gasteiger partial charge in [-0.2, -0.15) is 0 Å². The van der Waals surface area contributed by atoms with Crippen molar-refractivity contribution in [2.75, 3.05) is 27.2 Å². The first-order valence-electron chi connectivity index (χ1n) is 8.88. The molecular weight excluding hydrogens is 322 g/mol. The van der Waals surface area contributed by atoms with Crippen LogP contribution < -0.4 is 5.32 Å². The quantitative estimate of drug-likeness (QED) is 0.912. The predicted molar refractivity (Wildman–Crippen MR) is 96.2 cm³/mol. The third-order valence-corrected chi connectivity index (χ3v) is 6.18. The van der Waals surface area contributed by atoms with Crippen LogP contribution in [0, 0.1) is 5.92 Å². The van der Waals surface area contributed by atoms with Crippen molar-refractivity contribution in [3.05, 3.63) is 21.4 Å². The smallest absolute Gasteiger partial charge is 0.319 e. The van der Waals surface area contributed by atoms with Crippen molar-refractivity contribution in [2.24, 2.45) is 5.92 Å². The Kier molecular flexibility index (Phi) is 5.43. The fourth-order valence-corrected chi connectivity index (χ4v) is 4.83. The van der Waals surface area contributed by atoms with Gasteiger partial charge in [-0.3, -0.25) is 4.79 Å². The molecule has 0 aromatic carbocycles. The second-order valence-corrected chi connectivity index (χ2v) is 8.01. The summed E-state index contributed by atoms with van der Waals surface area (Å²) < 4.78 is 0. The number of thiophene rings is 1. The van der Waals surface area contributed by atoms with Crippen LogP contribution in [-0.2, 0) is 24.2 Å². The van der Waals surface area contributed by atoms with Gasteiger partial charge >= 0.3 is 6.03 Å². The Bertz CT molecular complexity index is 611. The molecule has 1 aromatic rings. The van der Waals surface area contributed by atoms with E-state index in [2.05, 4.69) is 10.7 Å². The van der Waals surface area contributed by atoms with Crippen molar-refractivity contribution >= 4 is 23.3 Å². The Balaban J connectivity index is 1.55. The number of piperidine rings is 1. The van der Waals surface area contributed by atoms with Gasteiger partial charge in [0, 0.05) is 38.6 Å². The Morgan fingerprint density at radius 2 is 2.08 bits per heavy atom. The molecule has 3 amide bonds. The van der Waals surface area contributed by atoms with Crippen LogP contribution in [0.25, 0.3) is 0 Å². The molecule has 132 valence electrons. The van der Waals surface area contributed by atoms with Crippen LogP contribution in [0.1, 0.15) is 41.7 Å². The minimum atomic E-state index is -0.0860. The van der Waals surface area contributed by atoms with Gasteiger partial charge in [-0.1, -0.05) is 0 Å². The van der Waals surface area contributed by atoms with Crippen LogP contribution in [0.4, 0.5) is 4.79 Å². The maximum absolute atomic E-state index is 12.5. The molecule has 1 aliphatic carbocycles. The zero-order valence-corrected chi connectivity index (χ0v) is 15.5. The van der Waals surface area contributed by atoms with Crippen LogP contribution in [0.2, 0.25) is 0 Å². The van der Waals surface area contributed by atoms with E-state index in [1.165, 1.54) is 35.3 Å². The number of amides is 3. The predicted octanol–water partition coefficient (Wildman–Crippen LogP) is 2.64. The monoisotopic (exact) mass is 349 g/mol. The fourth-order valence-electron chi connectivity index (χ4n) is 3.68. The molecule has 0 radical (unpaired) electrons. The summed E-state index contributed by atoms with van der Waals surface area (Å²) in [4.78, 5) is 29.5. The van der Waals surface area contributed by atoms with Crippen molar-refractivity contribution in [2.45, 2.75) is 45.1 Å². The first-order valence-corrected chi connectivity index (χ1v) is 9.76.